The monoisotopic (exact) mass is 415 g/mol. The lowest BCUT2D eigenvalue weighted by Gasteiger charge is -2.33. The summed E-state index contributed by atoms with van der Waals surface area (Å²) in [6.07, 6.45) is 4.13. The number of nitrogens with zero attached hydrogens (tertiary/aromatic N) is 2. The fourth-order valence-electron chi connectivity index (χ4n) is 4.56. The van der Waals surface area contributed by atoms with Crippen molar-refractivity contribution in [1.29, 1.82) is 0 Å². The van der Waals surface area contributed by atoms with E-state index in [1.807, 2.05) is 11.8 Å². The fraction of sp³-hybridized carbons (Fsp3) is 0.409. The van der Waals surface area contributed by atoms with Crippen LogP contribution in [0.5, 0.6) is 0 Å². The van der Waals surface area contributed by atoms with Crippen LogP contribution in [0.15, 0.2) is 58.3 Å². The standard InChI is InChI=1S/C22H25N3OS.ClH/c26-22(24-13-11-16-9-10-17(15-24)23-16)12-14-25-18-5-1-3-7-20(18)27-21-8-4-2-6-19(21)25;/h1-8,16-17,23H,9-15H2;1H. The lowest BCUT2D eigenvalue weighted by atomic mass is 10.1. The summed E-state index contributed by atoms with van der Waals surface area (Å²) in [5, 5.41) is 3.66. The van der Waals surface area contributed by atoms with Crippen LogP contribution in [-0.2, 0) is 4.79 Å². The molecule has 3 heterocycles. The molecule has 0 aromatic heterocycles. The number of carbonyl (C=O) groups excluding carboxylic acids is 1. The summed E-state index contributed by atoms with van der Waals surface area (Å²) in [6, 6.07) is 18.1. The molecule has 5 rings (SSSR count). The highest BCUT2D eigenvalue weighted by Gasteiger charge is 2.31. The summed E-state index contributed by atoms with van der Waals surface area (Å²) < 4.78 is 0. The summed E-state index contributed by atoms with van der Waals surface area (Å²) in [7, 11) is 0. The topological polar surface area (TPSA) is 35.6 Å². The minimum atomic E-state index is 0. The number of hydrogen-bond acceptors (Lipinski definition) is 4. The van der Waals surface area contributed by atoms with E-state index >= 15 is 0 Å². The van der Waals surface area contributed by atoms with Gasteiger partial charge in [0, 0.05) is 47.9 Å². The molecular weight excluding hydrogens is 390 g/mol. The SMILES string of the molecule is Cl.O=C(CCN1c2ccccc2Sc2ccccc21)N1CCC2CCC(C1)N2. The van der Waals surface area contributed by atoms with E-state index in [-0.39, 0.29) is 18.3 Å². The molecule has 3 aliphatic heterocycles. The molecule has 2 fully saturated rings. The summed E-state index contributed by atoms with van der Waals surface area (Å²) >= 11 is 1.81. The highest BCUT2D eigenvalue weighted by atomic mass is 35.5. The number of carbonyl (C=O) groups is 1. The molecule has 2 bridgehead atoms. The summed E-state index contributed by atoms with van der Waals surface area (Å²) in [5.74, 6) is 0.289. The Kier molecular flexibility index (Phi) is 5.85. The van der Waals surface area contributed by atoms with Crippen molar-refractivity contribution in [2.75, 3.05) is 24.5 Å². The second-order valence-corrected chi connectivity index (χ2v) is 8.79. The third kappa shape index (κ3) is 3.76. The lowest BCUT2D eigenvalue weighted by Crippen LogP contribution is -2.40. The maximum absolute atomic E-state index is 13.0. The number of benzene rings is 2. The van der Waals surface area contributed by atoms with Crippen LogP contribution in [0.25, 0.3) is 0 Å². The van der Waals surface area contributed by atoms with Gasteiger partial charge >= 0.3 is 0 Å². The fourth-order valence-corrected chi connectivity index (χ4v) is 5.65. The van der Waals surface area contributed by atoms with Crippen LogP contribution in [0, 0.1) is 0 Å². The highest BCUT2D eigenvalue weighted by Crippen LogP contribution is 2.47. The van der Waals surface area contributed by atoms with Gasteiger partial charge in [-0.05, 0) is 43.5 Å². The molecule has 3 aliphatic rings. The van der Waals surface area contributed by atoms with Crippen molar-refractivity contribution in [2.45, 2.75) is 47.6 Å². The zero-order valence-corrected chi connectivity index (χ0v) is 17.5. The highest BCUT2D eigenvalue weighted by molar-refractivity contribution is 7.99. The molecule has 2 atom stereocenters. The summed E-state index contributed by atoms with van der Waals surface area (Å²) in [6.45, 7) is 2.50. The molecule has 1 amide bonds. The maximum Gasteiger partial charge on any atom is 0.224 e. The zero-order valence-electron chi connectivity index (χ0n) is 15.8. The Bertz CT molecular complexity index is 816. The summed E-state index contributed by atoms with van der Waals surface area (Å²) in [4.78, 5) is 19.9. The average Bonchev–Trinajstić information content (AvgIpc) is 3.03. The number of halogens is 1. The Balaban J connectivity index is 0.00000192. The van der Waals surface area contributed by atoms with Crippen molar-refractivity contribution in [3.05, 3.63) is 48.5 Å². The van der Waals surface area contributed by atoms with Crippen LogP contribution in [0.3, 0.4) is 0 Å². The Morgan fingerprint density at radius 2 is 1.61 bits per heavy atom. The maximum atomic E-state index is 13.0. The number of amides is 1. The van der Waals surface area contributed by atoms with Gasteiger partial charge in [-0.15, -0.1) is 12.4 Å². The molecule has 4 nitrogen and oxygen atoms in total. The lowest BCUT2D eigenvalue weighted by molar-refractivity contribution is -0.131. The normalized spacial score (nSPS) is 22.7. The molecule has 28 heavy (non-hydrogen) atoms. The Labute approximate surface area is 177 Å². The van der Waals surface area contributed by atoms with Gasteiger partial charge in [0.25, 0.3) is 0 Å². The van der Waals surface area contributed by atoms with Crippen LogP contribution < -0.4 is 10.2 Å². The molecule has 0 saturated carbocycles. The van der Waals surface area contributed by atoms with Gasteiger partial charge in [-0.25, -0.2) is 0 Å². The second-order valence-electron chi connectivity index (χ2n) is 7.71. The van der Waals surface area contributed by atoms with Crippen molar-refractivity contribution < 1.29 is 4.79 Å². The average molecular weight is 416 g/mol. The number of anilines is 2. The molecule has 0 aliphatic carbocycles. The van der Waals surface area contributed by atoms with Gasteiger partial charge in [0.15, 0.2) is 0 Å². The van der Waals surface area contributed by atoms with E-state index in [0.717, 1.165) is 26.1 Å². The van der Waals surface area contributed by atoms with Crippen LogP contribution in [-0.4, -0.2) is 42.5 Å². The van der Waals surface area contributed by atoms with Crippen molar-refractivity contribution in [3.63, 3.8) is 0 Å². The van der Waals surface area contributed by atoms with E-state index in [1.54, 1.807) is 0 Å². The minimum absolute atomic E-state index is 0. The minimum Gasteiger partial charge on any atom is -0.341 e. The predicted molar refractivity (Wildman–Crippen MR) is 117 cm³/mol. The van der Waals surface area contributed by atoms with Crippen LogP contribution >= 0.6 is 24.2 Å². The molecule has 0 spiro atoms. The molecular formula is C22H26ClN3OS. The zero-order chi connectivity index (χ0) is 18.2. The predicted octanol–water partition coefficient (Wildman–Crippen LogP) is 4.45. The quantitative estimate of drug-likeness (QED) is 0.803. The number of fused-ring (bicyclic) bond motifs is 4. The Hall–Kier alpha value is -1.69. The van der Waals surface area contributed by atoms with E-state index in [4.69, 9.17) is 0 Å². The van der Waals surface area contributed by atoms with Crippen molar-refractivity contribution >= 4 is 41.5 Å². The largest absolute Gasteiger partial charge is 0.341 e. The van der Waals surface area contributed by atoms with Gasteiger partial charge in [-0.1, -0.05) is 36.0 Å². The van der Waals surface area contributed by atoms with E-state index < -0.39 is 0 Å². The molecule has 6 heteroatoms. The first-order valence-electron chi connectivity index (χ1n) is 9.95. The van der Waals surface area contributed by atoms with E-state index in [1.165, 1.54) is 34.0 Å². The van der Waals surface area contributed by atoms with Crippen molar-refractivity contribution in [2.24, 2.45) is 0 Å². The van der Waals surface area contributed by atoms with E-state index in [9.17, 15) is 4.79 Å². The number of rotatable bonds is 3. The van der Waals surface area contributed by atoms with Crippen LogP contribution in [0.4, 0.5) is 11.4 Å². The third-order valence-corrected chi connectivity index (χ3v) is 7.09. The van der Waals surface area contributed by atoms with Crippen molar-refractivity contribution in [3.8, 4) is 0 Å². The van der Waals surface area contributed by atoms with E-state index in [0.29, 0.717) is 18.5 Å². The second kappa shape index (κ2) is 8.36. The Morgan fingerprint density at radius 3 is 2.32 bits per heavy atom. The number of hydrogen-bond donors (Lipinski definition) is 1. The molecule has 2 unspecified atom stereocenters. The molecule has 2 saturated heterocycles. The Morgan fingerprint density at radius 1 is 0.964 bits per heavy atom. The van der Waals surface area contributed by atoms with Gasteiger partial charge in [0.1, 0.15) is 0 Å². The molecule has 0 radical (unpaired) electrons. The smallest absolute Gasteiger partial charge is 0.224 e. The number of para-hydroxylation sites is 2. The van der Waals surface area contributed by atoms with Gasteiger partial charge in [0.2, 0.25) is 5.91 Å². The van der Waals surface area contributed by atoms with Crippen molar-refractivity contribution in [1.82, 2.24) is 10.2 Å². The number of likely N-dealkylation sites (tertiary alicyclic amines) is 1. The molecule has 2 aromatic carbocycles. The molecule has 148 valence electrons. The van der Waals surface area contributed by atoms with Gasteiger partial charge in [0.05, 0.1) is 11.4 Å². The molecule has 2 aromatic rings. The van der Waals surface area contributed by atoms with Gasteiger partial charge in [-0.2, -0.15) is 0 Å². The van der Waals surface area contributed by atoms with Gasteiger partial charge < -0.3 is 15.1 Å². The van der Waals surface area contributed by atoms with E-state index in [2.05, 4.69) is 63.6 Å². The first-order valence-corrected chi connectivity index (χ1v) is 10.8. The first-order chi connectivity index (χ1) is 13.3. The molecule has 1 N–H and O–H groups in total. The van der Waals surface area contributed by atoms with Crippen LogP contribution in [0.2, 0.25) is 0 Å². The van der Waals surface area contributed by atoms with Gasteiger partial charge in [-0.3, -0.25) is 4.79 Å². The number of nitrogens with one attached hydrogen (secondary N) is 1. The van der Waals surface area contributed by atoms with Crippen LogP contribution in [0.1, 0.15) is 25.7 Å². The summed E-state index contributed by atoms with van der Waals surface area (Å²) in [5.41, 5.74) is 2.43. The first kappa shape index (κ1) is 19.6. The third-order valence-electron chi connectivity index (χ3n) is 5.96.